The average molecular weight is 396 g/mol. The number of aromatic nitrogens is 4. The van der Waals surface area contributed by atoms with Crippen LogP contribution >= 0.6 is 22.9 Å². The Labute approximate surface area is 164 Å². The van der Waals surface area contributed by atoms with Crippen molar-refractivity contribution in [3.8, 4) is 5.82 Å². The van der Waals surface area contributed by atoms with Gasteiger partial charge in [0.2, 0.25) is 0 Å². The van der Waals surface area contributed by atoms with E-state index < -0.39 is 0 Å². The third kappa shape index (κ3) is 4.05. The Balaban J connectivity index is 1.43. The molecule has 134 valence electrons. The summed E-state index contributed by atoms with van der Waals surface area (Å²) in [5, 5.41) is 4.07. The van der Waals surface area contributed by atoms with Crippen molar-refractivity contribution in [3.63, 3.8) is 0 Å². The van der Waals surface area contributed by atoms with Gasteiger partial charge in [0, 0.05) is 41.1 Å². The van der Waals surface area contributed by atoms with Crippen molar-refractivity contribution in [1.82, 2.24) is 19.5 Å². The van der Waals surface area contributed by atoms with Crippen LogP contribution in [-0.4, -0.2) is 25.4 Å². The van der Waals surface area contributed by atoms with Crippen LogP contribution in [0.1, 0.15) is 20.8 Å². The third-order valence-corrected chi connectivity index (χ3v) is 5.16. The second-order valence-electron chi connectivity index (χ2n) is 5.73. The molecule has 0 aliphatic rings. The van der Waals surface area contributed by atoms with Gasteiger partial charge in [0.05, 0.1) is 5.56 Å². The van der Waals surface area contributed by atoms with Crippen LogP contribution in [0.25, 0.3) is 5.82 Å². The SMILES string of the molecule is O=C(Nc1ncc(Cc2ccccc2Cl)s1)c1ccc(-n2ccnc2)nc1. The number of pyridine rings is 1. The van der Waals surface area contributed by atoms with Crippen molar-refractivity contribution in [2.75, 3.05) is 5.32 Å². The number of nitrogens with one attached hydrogen (secondary N) is 1. The number of rotatable bonds is 5. The summed E-state index contributed by atoms with van der Waals surface area (Å²) in [5.74, 6) is 0.443. The molecule has 4 aromatic rings. The Morgan fingerprint density at radius 2 is 2.04 bits per heavy atom. The molecule has 3 aromatic heterocycles. The van der Waals surface area contributed by atoms with Crippen LogP contribution in [-0.2, 0) is 6.42 Å². The normalized spacial score (nSPS) is 10.7. The second kappa shape index (κ2) is 7.69. The number of carbonyl (C=O) groups excluding carboxylic acids is 1. The van der Waals surface area contributed by atoms with E-state index in [9.17, 15) is 4.79 Å². The van der Waals surface area contributed by atoms with E-state index in [0.717, 1.165) is 15.5 Å². The third-order valence-electron chi connectivity index (χ3n) is 3.88. The number of imidazole rings is 1. The van der Waals surface area contributed by atoms with Gasteiger partial charge in [-0.25, -0.2) is 15.0 Å². The summed E-state index contributed by atoms with van der Waals surface area (Å²) in [6, 6.07) is 11.2. The summed E-state index contributed by atoms with van der Waals surface area (Å²) in [4.78, 5) is 26.0. The highest BCUT2D eigenvalue weighted by atomic mass is 35.5. The highest BCUT2D eigenvalue weighted by Crippen LogP contribution is 2.25. The van der Waals surface area contributed by atoms with Gasteiger partial charge >= 0.3 is 0 Å². The molecule has 0 bridgehead atoms. The predicted octanol–water partition coefficient (Wildman–Crippen LogP) is 4.22. The van der Waals surface area contributed by atoms with Gasteiger partial charge in [0.15, 0.2) is 5.13 Å². The Morgan fingerprint density at radius 1 is 1.15 bits per heavy atom. The molecule has 0 saturated carbocycles. The second-order valence-corrected chi connectivity index (χ2v) is 7.25. The van der Waals surface area contributed by atoms with E-state index in [0.29, 0.717) is 22.9 Å². The maximum absolute atomic E-state index is 12.4. The minimum absolute atomic E-state index is 0.252. The van der Waals surface area contributed by atoms with E-state index in [1.807, 2.05) is 24.3 Å². The lowest BCUT2D eigenvalue weighted by Gasteiger charge is -2.04. The Hall–Kier alpha value is -3.03. The number of benzene rings is 1. The molecule has 0 spiro atoms. The molecule has 1 amide bonds. The molecule has 0 aliphatic carbocycles. The molecule has 0 fully saturated rings. The number of thiazole rings is 1. The quantitative estimate of drug-likeness (QED) is 0.549. The van der Waals surface area contributed by atoms with Gasteiger partial charge in [-0.3, -0.25) is 14.7 Å². The van der Waals surface area contributed by atoms with Crippen LogP contribution in [0.15, 0.2) is 67.5 Å². The van der Waals surface area contributed by atoms with E-state index in [4.69, 9.17) is 11.6 Å². The van der Waals surface area contributed by atoms with Crippen LogP contribution in [0.5, 0.6) is 0 Å². The summed E-state index contributed by atoms with van der Waals surface area (Å²) in [5.41, 5.74) is 1.49. The molecule has 4 rings (SSSR count). The van der Waals surface area contributed by atoms with E-state index in [2.05, 4.69) is 20.3 Å². The summed E-state index contributed by atoms with van der Waals surface area (Å²) in [7, 11) is 0. The van der Waals surface area contributed by atoms with Gasteiger partial charge in [-0.2, -0.15) is 0 Å². The molecule has 0 aliphatic heterocycles. The topological polar surface area (TPSA) is 72.7 Å². The number of nitrogens with zero attached hydrogens (tertiary/aromatic N) is 4. The highest BCUT2D eigenvalue weighted by Gasteiger charge is 2.11. The zero-order valence-corrected chi connectivity index (χ0v) is 15.6. The first-order chi connectivity index (χ1) is 13.2. The van der Waals surface area contributed by atoms with Crippen LogP contribution in [0.2, 0.25) is 5.02 Å². The summed E-state index contributed by atoms with van der Waals surface area (Å²) < 4.78 is 1.77. The number of hydrogen-bond acceptors (Lipinski definition) is 5. The molecule has 0 saturated heterocycles. The molecular weight excluding hydrogens is 382 g/mol. The Morgan fingerprint density at radius 3 is 2.78 bits per heavy atom. The van der Waals surface area contributed by atoms with Crippen LogP contribution < -0.4 is 5.32 Å². The van der Waals surface area contributed by atoms with Gasteiger partial charge in [0.25, 0.3) is 5.91 Å². The lowest BCUT2D eigenvalue weighted by Crippen LogP contribution is -2.12. The fourth-order valence-electron chi connectivity index (χ4n) is 2.51. The van der Waals surface area contributed by atoms with E-state index in [-0.39, 0.29) is 5.91 Å². The minimum Gasteiger partial charge on any atom is -0.298 e. The van der Waals surface area contributed by atoms with Gasteiger partial charge < -0.3 is 0 Å². The minimum atomic E-state index is -0.252. The largest absolute Gasteiger partial charge is 0.298 e. The lowest BCUT2D eigenvalue weighted by molar-refractivity contribution is 0.102. The summed E-state index contributed by atoms with van der Waals surface area (Å²) in [6.45, 7) is 0. The standard InChI is InChI=1S/C19H14ClN5OS/c20-16-4-2-1-3-13(16)9-15-11-23-19(27-15)24-18(26)14-5-6-17(22-10-14)25-8-7-21-12-25/h1-8,10-12H,9H2,(H,23,24,26). The molecule has 1 aromatic carbocycles. The van der Waals surface area contributed by atoms with Gasteiger partial charge in [-0.15, -0.1) is 11.3 Å². The first-order valence-electron chi connectivity index (χ1n) is 8.13. The number of carbonyl (C=O) groups is 1. The van der Waals surface area contributed by atoms with Crippen molar-refractivity contribution >= 4 is 34.0 Å². The number of amides is 1. The van der Waals surface area contributed by atoms with E-state index in [1.54, 1.807) is 41.6 Å². The molecular formula is C19H14ClN5OS. The zero-order chi connectivity index (χ0) is 18.6. The molecule has 8 heteroatoms. The molecule has 1 N–H and O–H groups in total. The Bertz CT molecular complexity index is 1060. The zero-order valence-electron chi connectivity index (χ0n) is 14.0. The summed E-state index contributed by atoms with van der Waals surface area (Å²) in [6.07, 6.45) is 9.07. The monoisotopic (exact) mass is 395 g/mol. The maximum Gasteiger partial charge on any atom is 0.259 e. The van der Waals surface area contributed by atoms with Crippen LogP contribution in [0.4, 0.5) is 5.13 Å². The maximum atomic E-state index is 12.4. The van der Waals surface area contributed by atoms with E-state index in [1.165, 1.54) is 17.5 Å². The van der Waals surface area contributed by atoms with Crippen molar-refractivity contribution in [1.29, 1.82) is 0 Å². The average Bonchev–Trinajstić information content (AvgIpc) is 3.36. The first-order valence-corrected chi connectivity index (χ1v) is 9.32. The van der Waals surface area contributed by atoms with Crippen molar-refractivity contribution in [2.24, 2.45) is 0 Å². The van der Waals surface area contributed by atoms with Crippen molar-refractivity contribution in [2.45, 2.75) is 6.42 Å². The molecule has 0 radical (unpaired) electrons. The lowest BCUT2D eigenvalue weighted by atomic mass is 10.1. The summed E-state index contributed by atoms with van der Waals surface area (Å²) >= 11 is 7.62. The number of halogens is 1. The molecule has 6 nitrogen and oxygen atoms in total. The molecule has 3 heterocycles. The fraction of sp³-hybridized carbons (Fsp3) is 0.0526. The predicted molar refractivity (Wildman–Crippen MR) is 106 cm³/mol. The first kappa shape index (κ1) is 17.4. The van der Waals surface area contributed by atoms with E-state index >= 15 is 0 Å². The van der Waals surface area contributed by atoms with Gasteiger partial charge in [0.1, 0.15) is 12.1 Å². The van der Waals surface area contributed by atoms with Crippen molar-refractivity contribution in [3.05, 3.63) is 88.5 Å². The number of anilines is 1. The molecule has 27 heavy (non-hydrogen) atoms. The van der Waals surface area contributed by atoms with Crippen molar-refractivity contribution < 1.29 is 4.79 Å². The van der Waals surface area contributed by atoms with Crippen LogP contribution in [0.3, 0.4) is 0 Å². The number of hydrogen-bond donors (Lipinski definition) is 1. The molecule has 0 unspecified atom stereocenters. The molecule has 0 atom stereocenters. The smallest absolute Gasteiger partial charge is 0.259 e. The van der Waals surface area contributed by atoms with Gasteiger partial charge in [-0.1, -0.05) is 29.8 Å². The van der Waals surface area contributed by atoms with Crippen LogP contribution in [0, 0.1) is 0 Å². The highest BCUT2D eigenvalue weighted by molar-refractivity contribution is 7.15. The fourth-order valence-corrected chi connectivity index (χ4v) is 3.55. The van der Waals surface area contributed by atoms with Gasteiger partial charge in [-0.05, 0) is 23.8 Å². The Kier molecular flexibility index (Phi) is 4.95.